The van der Waals surface area contributed by atoms with Crippen LogP contribution in [0.1, 0.15) is 59.3 Å². The smallest absolute Gasteiger partial charge is 0.350 e. The van der Waals surface area contributed by atoms with Gasteiger partial charge in [-0.15, -0.1) is 39.7 Å². The molecule has 0 aliphatic carbocycles. The van der Waals surface area contributed by atoms with E-state index in [0.29, 0.717) is 35.3 Å². The predicted molar refractivity (Wildman–Crippen MR) is 130 cm³/mol. The normalized spacial score (nSPS) is 16.1. The number of anilines is 1. The van der Waals surface area contributed by atoms with Crippen LogP contribution in [-0.4, -0.2) is 52.3 Å². The first-order valence-corrected chi connectivity index (χ1v) is 13.2. The molecule has 1 unspecified atom stereocenters. The van der Waals surface area contributed by atoms with Crippen molar-refractivity contribution in [3.8, 4) is 0 Å². The number of nitrogens with zero attached hydrogens (tertiary/aromatic N) is 4. The Hall–Kier alpha value is -1.97. The van der Waals surface area contributed by atoms with Gasteiger partial charge in [0, 0.05) is 18.8 Å². The lowest BCUT2D eigenvalue weighted by Crippen LogP contribution is -2.37. The van der Waals surface area contributed by atoms with E-state index in [1.165, 1.54) is 46.8 Å². The molecule has 0 N–H and O–H groups in total. The molecule has 0 bridgehead atoms. The summed E-state index contributed by atoms with van der Waals surface area (Å²) in [6, 6.07) is 1.65. The van der Waals surface area contributed by atoms with Gasteiger partial charge in [0.25, 0.3) is 0 Å². The molecule has 2 aromatic heterocycles. The van der Waals surface area contributed by atoms with E-state index in [2.05, 4.69) is 23.7 Å². The number of hydrogen-bond donors (Lipinski definition) is 0. The van der Waals surface area contributed by atoms with E-state index in [1.54, 1.807) is 11.0 Å². The Morgan fingerprint density at radius 2 is 2.19 bits per heavy atom. The molecule has 2 amide bonds. The number of alkyl halides is 1. The summed E-state index contributed by atoms with van der Waals surface area (Å²) < 4.78 is 5.79. The van der Waals surface area contributed by atoms with E-state index in [1.807, 2.05) is 11.4 Å². The number of aromatic nitrogens is 2. The molecule has 0 radical (unpaired) electrons. The number of carbonyl (C=O) groups is 2. The van der Waals surface area contributed by atoms with Gasteiger partial charge in [0.05, 0.1) is 6.54 Å². The van der Waals surface area contributed by atoms with E-state index in [9.17, 15) is 9.59 Å². The number of amides is 2. The molecule has 174 valence electrons. The summed E-state index contributed by atoms with van der Waals surface area (Å²) in [6.07, 6.45) is 7.89. The molecule has 7 nitrogen and oxygen atoms in total. The van der Waals surface area contributed by atoms with E-state index in [-0.39, 0.29) is 12.6 Å². The molecule has 32 heavy (non-hydrogen) atoms. The third-order valence-corrected chi connectivity index (χ3v) is 7.27. The van der Waals surface area contributed by atoms with Crippen LogP contribution in [0.25, 0.3) is 0 Å². The minimum Gasteiger partial charge on any atom is -0.435 e. The van der Waals surface area contributed by atoms with Gasteiger partial charge in [0.15, 0.2) is 0 Å². The fourth-order valence-electron chi connectivity index (χ4n) is 3.46. The van der Waals surface area contributed by atoms with Crippen LogP contribution in [0.3, 0.4) is 0 Å². The fourth-order valence-corrected chi connectivity index (χ4v) is 5.27. The molecule has 10 heteroatoms. The second-order valence-electron chi connectivity index (χ2n) is 7.60. The minimum atomic E-state index is -0.759. The third-order valence-electron chi connectivity index (χ3n) is 5.10. The first-order chi connectivity index (χ1) is 15.6. The van der Waals surface area contributed by atoms with Crippen LogP contribution in [0.5, 0.6) is 0 Å². The second kappa shape index (κ2) is 12.3. The maximum absolute atomic E-state index is 13.0. The Labute approximate surface area is 202 Å². The maximum Gasteiger partial charge on any atom is 0.350 e. The average Bonchev–Trinajstić information content (AvgIpc) is 3.50. The van der Waals surface area contributed by atoms with Crippen molar-refractivity contribution in [3.63, 3.8) is 0 Å². The van der Waals surface area contributed by atoms with E-state index < -0.39 is 12.2 Å². The zero-order valence-electron chi connectivity index (χ0n) is 18.3. The summed E-state index contributed by atoms with van der Waals surface area (Å²) in [7, 11) is 0. The molecular formula is C22H29ClN4O3S2. The second-order valence-corrected chi connectivity index (χ2v) is 9.93. The number of esters is 1. The standard InChI is InChI=1S/C22H29ClN4O3S2/c1-3-5-6-7-10-16-13-17(31-15-16)20(28)30-19-14-26(12-8-11-23)22(29)27(19)21-25-24-18(32-21)9-4-2/h4,13,15,19H,2-3,5-12,14H2,1H3. The Bertz CT molecular complexity index is 917. The molecule has 0 aromatic carbocycles. The van der Waals surface area contributed by atoms with E-state index in [4.69, 9.17) is 16.3 Å². The lowest BCUT2D eigenvalue weighted by Gasteiger charge is -2.19. The van der Waals surface area contributed by atoms with Crippen molar-refractivity contribution in [2.45, 2.75) is 58.1 Å². The number of unbranched alkanes of at least 4 members (excludes halogenated alkanes) is 3. The fraction of sp³-hybridized carbons (Fsp3) is 0.545. The third kappa shape index (κ3) is 6.30. The van der Waals surface area contributed by atoms with Crippen LogP contribution in [0.4, 0.5) is 9.93 Å². The van der Waals surface area contributed by atoms with Gasteiger partial charge in [-0.05, 0) is 36.3 Å². The minimum absolute atomic E-state index is 0.253. The molecule has 0 spiro atoms. The monoisotopic (exact) mass is 496 g/mol. The number of ether oxygens (including phenoxy) is 1. The van der Waals surface area contributed by atoms with Crippen LogP contribution in [0, 0.1) is 0 Å². The van der Waals surface area contributed by atoms with Gasteiger partial charge < -0.3 is 9.64 Å². The van der Waals surface area contributed by atoms with Crippen molar-refractivity contribution in [1.82, 2.24) is 15.1 Å². The largest absolute Gasteiger partial charge is 0.435 e. The van der Waals surface area contributed by atoms with Crippen molar-refractivity contribution < 1.29 is 14.3 Å². The number of carbonyl (C=O) groups excluding carboxylic acids is 2. The highest BCUT2D eigenvalue weighted by Gasteiger charge is 2.42. The molecule has 1 atom stereocenters. The molecule has 1 saturated heterocycles. The van der Waals surface area contributed by atoms with Crippen LogP contribution in [0.15, 0.2) is 24.1 Å². The Morgan fingerprint density at radius 3 is 2.94 bits per heavy atom. The molecule has 3 heterocycles. The van der Waals surface area contributed by atoms with Gasteiger partial charge >= 0.3 is 12.0 Å². The number of hydrogen-bond acceptors (Lipinski definition) is 7. The number of halogens is 1. The maximum atomic E-state index is 13.0. The van der Waals surface area contributed by atoms with Crippen LogP contribution >= 0.6 is 34.3 Å². The van der Waals surface area contributed by atoms with Crippen molar-refractivity contribution in [1.29, 1.82) is 0 Å². The Morgan fingerprint density at radius 1 is 1.34 bits per heavy atom. The molecule has 1 aliphatic rings. The summed E-state index contributed by atoms with van der Waals surface area (Å²) in [6.45, 7) is 6.66. The van der Waals surface area contributed by atoms with Crippen molar-refractivity contribution >= 4 is 51.4 Å². The Balaban J connectivity index is 1.70. The lowest BCUT2D eigenvalue weighted by atomic mass is 10.1. The SMILES string of the molecule is C=CCc1nnc(N2C(=O)N(CCCCl)CC2OC(=O)c2cc(CCCCCC)cs2)s1. The summed E-state index contributed by atoms with van der Waals surface area (Å²) in [5, 5.41) is 11.4. The van der Waals surface area contributed by atoms with Crippen LogP contribution in [-0.2, 0) is 17.6 Å². The molecule has 3 rings (SSSR count). The summed E-state index contributed by atoms with van der Waals surface area (Å²) >= 11 is 8.49. The zero-order valence-corrected chi connectivity index (χ0v) is 20.7. The summed E-state index contributed by atoms with van der Waals surface area (Å²) in [4.78, 5) is 29.5. The van der Waals surface area contributed by atoms with Crippen LogP contribution in [0.2, 0.25) is 0 Å². The van der Waals surface area contributed by atoms with Crippen molar-refractivity contribution in [2.75, 3.05) is 23.9 Å². The summed E-state index contributed by atoms with van der Waals surface area (Å²) in [5.74, 6) is 0.0277. The van der Waals surface area contributed by atoms with E-state index >= 15 is 0 Å². The van der Waals surface area contributed by atoms with Crippen molar-refractivity contribution in [2.24, 2.45) is 0 Å². The molecular weight excluding hydrogens is 468 g/mol. The quantitative estimate of drug-likeness (QED) is 0.158. The van der Waals surface area contributed by atoms with E-state index in [0.717, 1.165) is 23.4 Å². The van der Waals surface area contributed by atoms with Gasteiger partial charge in [0.1, 0.15) is 9.88 Å². The molecule has 2 aromatic rings. The van der Waals surface area contributed by atoms with Gasteiger partial charge in [-0.2, -0.15) is 0 Å². The highest BCUT2D eigenvalue weighted by molar-refractivity contribution is 7.15. The van der Waals surface area contributed by atoms with Gasteiger partial charge in [-0.3, -0.25) is 0 Å². The van der Waals surface area contributed by atoms with Gasteiger partial charge in [0.2, 0.25) is 11.4 Å². The highest BCUT2D eigenvalue weighted by Crippen LogP contribution is 2.30. The number of allylic oxidation sites excluding steroid dienone is 1. The number of urea groups is 1. The Kier molecular flexibility index (Phi) is 9.50. The predicted octanol–water partition coefficient (Wildman–Crippen LogP) is 5.50. The first kappa shape index (κ1) is 24.7. The summed E-state index contributed by atoms with van der Waals surface area (Å²) in [5.41, 5.74) is 1.15. The van der Waals surface area contributed by atoms with Gasteiger partial charge in [-0.1, -0.05) is 43.6 Å². The lowest BCUT2D eigenvalue weighted by molar-refractivity contribution is 0.0331. The topological polar surface area (TPSA) is 75.6 Å². The van der Waals surface area contributed by atoms with Gasteiger partial charge in [-0.25, -0.2) is 14.5 Å². The first-order valence-electron chi connectivity index (χ1n) is 10.9. The number of thiophene rings is 1. The van der Waals surface area contributed by atoms with Crippen LogP contribution < -0.4 is 4.90 Å². The molecule has 1 fully saturated rings. The zero-order chi connectivity index (χ0) is 22.9. The molecule has 0 saturated carbocycles. The number of rotatable bonds is 13. The van der Waals surface area contributed by atoms with Crippen molar-refractivity contribution in [3.05, 3.63) is 39.5 Å². The molecule has 1 aliphatic heterocycles. The number of aryl methyl sites for hydroxylation is 1. The highest BCUT2D eigenvalue weighted by atomic mass is 35.5. The average molecular weight is 497 g/mol.